The molecular formula is C45H39Cl2F3N8O10. The number of phenolic OH excluding ortho intramolecular Hbond substituents is 1. The predicted octanol–water partition coefficient (Wildman–Crippen LogP) is 5.38. The van der Waals surface area contributed by atoms with Crippen molar-refractivity contribution in [2.45, 2.75) is 49.5 Å². The van der Waals surface area contributed by atoms with E-state index in [1.165, 1.54) is 66.6 Å². The molecule has 3 aliphatic rings. The Morgan fingerprint density at radius 3 is 2.15 bits per heavy atom. The Bertz CT molecular complexity index is 3290. The number of alkyl halides is 3. The van der Waals surface area contributed by atoms with Crippen LogP contribution in [0.2, 0.25) is 10.0 Å². The number of hydrogen-bond acceptors (Lipinski definition) is 13. The van der Waals surface area contributed by atoms with Crippen molar-refractivity contribution in [1.29, 1.82) is 0 Å². The van der Waals surface area contributed by atoms with E-state index in [4.69, 9.17) is 42.1 Å². The van der Waals surface area contributed by atoms with Gasteiger partial charge in [-0.1, -0.05) is 41.4 Å². The number of hydrazine groups is 1. The molecule has 0 radical (unpaired) electrons. The Balaban J connectivity index is 1.21. The van der Waals surface area contributed by atoms with Gasteiger partial charge in [-0.05, 0) is 35.8 Å². The number of anilines is 1. The summed E-state index contributed by atoms with van der Waals surface area (Å²) >= 11 is 12.7. The number of allylic oxidation sites excluding steroid dienone is 2. The Hall–Kier alpha value is -7.26. The van der Waals surface area contributed by atoms with Gasteiger partial charge in [0, 0.05) is 67.0 Å². The number of nitrogens with zero attached hydrogens (tertiary/aromatic N) is 7. The Morgan fingerprint density at radius 1 is 0.882 bits per heavy atom. The lowest BCUT2D eigenvalue weighted by Crippen LogP contribution is -2.53. The van der Waals surface area contributed by atoms with E-state index >= 15 is 9.59 Å². The molecule has 2 aliphatic heterocycles. The molecule has 3 aromatic carbocycles. The van der Waals surface area contributed by atoms with Crippen LogP contribution in [0.1, 0.15) is 40.8 Å². The van der Waals surface area contributed by atoms with Gasteiger partial charge in [0.25, 0.3) is 17.4 Å². The second kappa shape index (κ2) is 16.8. The van der Waals surface area contributed by atoms with Crippen molar-refractivity contribution in [3.05, 3.63) is 136 Å². The molecule has 6 aromatic rings. The molecule has 5 heterocycles. The minimum Gasteiger partial charge on any atom is -0.508 e. The first kappa shape index (κ1) is 45.9. The molecule has 354 valence electrons. The molecule has 1 saturated carbocycles. The number of carbonyl (C=O) groups excluding carboxylic acids is 2. The van der Waals surface area contributed by atoms with Gasteiger partial charge in [0.05, 0.1) is 74.0 Å². The van der Waals surface area contributed by atoms with Gasteiger partial charge in [-0.25, -0.2) is 33.5 Å². The Morgan fingerprint density at radius 2 is 1.53 bits per heavy atom. The average molecular weight is 980 g/mol. The number of halogens is 5. The first-order chi connectivity index (χ1) is 32.4. The molecule has 2 fully saturated rings. The quantitative estimate of drug-likeness (QED) is 0.124. The highest BCUT2D eigenvalue weighted by Crippen LogP contribution is 2.64. The summed E-state index contributed by atoms with van der Waals surface area (Å²) in [7, 11) is 7.10. The standard InChI is InChI=1S/C45H39Cl2F3N8O10/c1-54-31-19-33(66-3)32(65-2)18-29(31)52-28(40(54)61)11-12-55-42(63)56-13-10-25-30(58(56)43(55)64)17-26-39(60)57(53-38-27(47)14-22(20-51-38)45(48,49)50)41(62)44(26,21-6-8-23(46)9-7-21)37(25)36-34(67-4)15-24(59)16-35(36)68-5/h6-10,14-16,18-20,26,30,37,59H,11-13,17H2,1-5H3,(H,51,53)/t26-,30+,37+,44+/m0/s1. The van der Waals surface area contributed by atoms with Crippen molar-refractivity contribution in [2.75, 3.05) is 33.9 Å². The minimum atomic E-state index is -4.81. The van der Waals surface area contributed by atoms with E-state index in [1.807, 2.05) is 0 Å². The number of carbonyl (C=O) groups is 2. The molecule has 1 aliphatic carbocycles. The summed E-state index contributed by atoms with van der Waals surface area (Å²) in [5.74, 6) is -4.43. The third-order valence-corrected chi connectivity index (χ3v) is 13.5. The molecule has 0 unspecified atom stereocenters. The summed E-state index contributed by atoms with van der Waals surface area (Å²) in [4.78, 5) is 81.9. The molecule has 3 aromatic heterocycles. The molecule has 9 rings (SSSR count). The van der Waals surface area contributed by atoms with E-state index in [0.717, 1.165) is 4.57 Å². The Labute approximate surface area is 392 Å². The number of phenols is 1. The van der Waals surface area contributed by atoms with Crippen molar-refractivity contribution in [3.63, 3.8) is 0 Å². The van der Waals surface area contributed by atoms with Crippen LogP contribution in [-0.4, -0.2) is 78.8 Å². The summed E-state index contributed by atoms with van der Waals surface area (Å²) < 4.78 is 68.2. The molecular weight excluding hydrogens is 940 g/mol. The summed E-state index contributed by atoms with van der Waals surface area (Å²) in [6.07, 6.45) is -3.08. The molecule has 68 heavy (non-hydrogen) atoms. The highest BCUT2D eigenvalue weighted by atomic mass is 35.5. The average Bonchev–Trinajstić information content (AvgIpc) is 3.69. The van der Waals surface area contributed by atoms with Crippen LogP contribution < -0.4 is 41.3 Å². The topological polar surface area (TPSA) is 203 Å². The van der Waals surface area contributed by atoms with Crippen LogP contribution in [0.3, 0.4) is 0 Å². The molecule has 18 nitrogen and oxygen atoms in total. The number of aromatic nitrogens is 6. The van der Waals surface area contributed by atoms with Crippen molar-refractivity contribution in [3.8, 4) is 28.7 Å². The van der Waals surface area contributed by atoms with Crippen LogP contribution in [0.5, 0.6) is 28.7 Å². The fourth-order valence-corrected chi connectivity index (χ4v) is 10.2. The number of benzene rings is 3. The second-order valence-corrected chi connectivity index (χ2v) is 17.1. The van der Waals surface area contributed by atoms with Crippen LogP contribution in [0.4, 0.5) is 19.0 Å². The Kier molecular flexibility index (Phi) is 11.3. The first-order valence-electron chi connectivity index (χ1n) is 20.7. The molecule has 4 atom stereocenters. The zero-order valence-corrected chi connectivity index (χ0v) is 38.1. The summed E-state index contributed by atoms with van der Waals surface area (Å²) in [5, 5.41) is 11.2. The number of fused-ring (bicyclic) bond motifs is 5. The molecule has 23 heteroatoms. The number of nitrogens with one attached hydrogen (secondary N) is 1. The third kappa shape index (κ3) is 6.96. The molecule has 0 bridgehead atoms. The van der Waals surface area contributed by atoms with Crippen LogP contribution in [0, 0.1) is 5.92 Å². The molecule has 2 N–H and O–H groups in total. The lowest BCUT2D eigenvalue weighted by Gasteiger charge is -2.49. The van der Waals surface area contributed by atoms with Gasteiger partial charge in [0.2, 0.25) is 0 Å². The largest absolute Gasteiger partial charge is 0.508 e. The predicted molar refractivity (Wildman–Crippen MR) is 239 cm³/mol. The van der Waals surface area contributed by atoms with Gasteiger partial charge < -0.3 is 28.6 Å². The number of aryl methyl sites for hydroxylation is 2. The number of methoxy groups -OCH3 is 4. The van der Waals surface area contributed by atoms with E-state index in [0.29, 0.717) is 45.4 Å². The van der Waals surface area contributed by atoms with Crippen molar-refractivity contribution < 1.29 is 46.8 Å². The number of rotatable bonds is 11. The maximum Gasteiger partial charge on any atom is 0.417 e. The van der Waals surface area contributed by atoms with Gasteiger partial charge in [-0.3, -0.25) is 19.8 Å². The lowest BCUT2D eigenvalue weighted by molar-refractivity contribution is -0.139. The van der Waals surface area contributed by atoms with Crippen LogP contribution in [0.25, 0.3) is 11.0 Å². The summed E-state index contributed by atoms with van der Waals surface area (Å²) in [6.45, 7) is -0.495. The van der Waals surface area contributed by atoms with Gasteiger partial charge >= 0.3 is 17.6 Å². The number of imide groups is 1. The summed E-state index contributed by atoms with van der Waals surface area (Å²) in [5.41, 5.74) is -0.896. The van der Waals surface area contributed by atoms with Gasteiger partial charge in [0.15, 0.2) is 17.3 Å². The number of ether oxygens (including phenoxy) is 4. The monoisotopic (exact) mass is 978 g/mol. The van der Waals surface area contributed by atoms with Crippen LogP contribution in [-0.2, 0) is 47.7 Å². The van der Waals surface area contributed by atoms with E-state index < -0.39 is 74.6 Å². The van der Waals surface area contributed by atoms with Crippen LogP contribution in [0.15, 0.2) is 86.8 Å². The maximum absolute atomic E-state index is 15.6. The molecule has 0 spiro atoms. The number of pyridine rings is 1. The van der Waals surface area contributed by atoms with Gasteiger partial charge in [0.1, 0.15) is 22.9 Å². The highest BCUT2D eigenvalue weighted by molar-refractivity contribution is 6.33. The maximum atomic E-state index is 15.6. The second-order valence-electron chi connectivity index (χ2n) is 16.2. The van der Waals surface area contributed by atoms with Crippen molar-refractivity contribution in [2.24, 2.45) is 13.0 Å². The highest BCUT2D eigenvalue weighted by Gasteiger charge is 2.69. The van der Waals surface area contributed by atoms with E-state index in [-0.39, 0.29) is 65.0 Å². The van der Waals surface area contributed by atoms with Gasteiger partial charge in [-0.2, -0.15) is 18.2 Å². The number of amides is 2. The smallest absolute Gasteiger partial charge is 0.417 e. The van der Waals surface area contributed by atoms with Gasteiger partial charge in [-0.15, -0.1) is 0 Å². The van der Waals surface area contributed by atoms with E-state index in [1.54, 1.807) is 37.4 Å². The van der Waals surface area contributed by atoms with Crippen LogP contribution >= 0.6 is 23.2 Å². The van der Waals surface area contributed by atoms with E-state index in [9.17, 15) is 32.7 Å². The zero-order chi connectivity index (χ0) is 48.7. The molecule has 1 saturated heterocycles. The fourth-order valence-electron chi connectivity index (χ4n) is 9.90. The fraction of sp³-hybridized carbons (Fsp3) is 0.311. The summed E-state index contributed by atoms with van der Waals surface area (Å²) in [6, 6.07) is 11.4. The normalized spacial score (nSPS) is 19.9. The zero-order valence-electron chi connectivity index (χ0n) is 36.6. The lowest BCUT2D eigenvalue weighted by atomic mass is 9.53. The minimum absolute atomic E-state index is 0.0213. The first-order valence-corrected chi connectivity index (χ1v) is 21.5. The SMILES string of the molecule is COc1cc2nc(CCn3c(=O)n4n(c3=O)[C@@H]3C[C@H]5C(=O)N(Nc6ncc(C(F)(F)F)cc6Cl)C(=O)[C@@]5(c5ccc(Cl)cc5)[C@@H](c5c(OC)cc(O)cc5OC)C3=CC4)c(=O)n(C)c2cc1OC. The number of aromatic hydroxyl groups is 1. The number of hydrogen-bond donors (Lipinski definition) is 2. The van der Waals surface area contributed by atoms with Crippen molar-refractivity contribution in [1.82, 2.24) is 33.5 Å². The van der Waals surface area contributed by atoms with E-state index in [2.05, 4.69) is 15.4 Å². The van der Waals surface area contributed by atoms with Crippen molar-refractivity contribution >= 4 is 51.9 Å². The third-order valence-electron chi connectivity index (χ3n) is 12.9. The molecule has 2 amide bonds.